The van der Waals surface area contributed by atoms with E-state index in [4.69, 9.17) is 4.74 Å². The lowest BCUT2D eigenvalue weighted by Gasteiger charge is -2.05. The molecule has 0 bridgehead atoms. The molecule has 1 heterocycles. The Kier molecular flexibility index (Phi) is 4.04. The molecule has 0 N–H and O–H groups in total. The van der Waals surface area contributed by atoms with Crippen LogP contribution in [0, 0.1) is 10.1 Å². The number of rotatable bonds is 5. The summed E-state index contributed by atoms with van der Waals surface area (Å²) in [6.45, 7) is 4.44. The molecule has 0 aromatic carbocycles. The number of aryl methyl sites for hydroxylation is 1. The summed E-state index contributed by atoms with van der Waals surface area (Å²) in [6.07, 6.45) is 2.15. The molecule has 0 atom stereocenters. The van der Waals surface area contributed by atoms with Crippen molar-refractivity contribution in [1.29, 1.82) is 0 Å². The van der Waals surface area contributed by atoms with Crippen LogP contribution >= 0.6 is 0 Å². The molecule has 0 aliphatic heterocycles. The molecule has 0 aliphatic carbocycles. The van der Waals surface area contributed by atoms with Gasteiger partial charge in [0.25, 0.3) is 5.69 Å². The van der Waals surface area contributed by atoms with Crippen molar-refractivity contribution in [2.75, 3.05) is 6.61 Å². The van der Waals surface area contributed by atoms with Crippen LogP contribution in [0.15, 0.2) is 12.3 Å². The normalized spacial score (nSPS) is 10.1. The SMILES string of the molecule is CCCn1cc([N+](=O)[O-])cc1C(=O)OCC. The van der Waals surface area contributed by atoms with E-state index in [9.17, 15) is 14.9 Å². The van der Waals surface area contributed by atoms with Crippen molar-refractivity contribution in [3.63, 3.8) is 0 Å². The molecule has 6 nitrogen and oxygen atoms in total. The van der Waals surface area contributed by atoms with Gasteiger partial charge in [0.15, 0.2) is 0 Å². The van der Waals surface area contributed by atoms with E-state index in [1.165, 1.54) is 12.3 Å². The summed E-state index contributed by atoms with van der Waals surface area (Å²) in [6, 6.07) is 1.24. The van der Waals surface area contributed by atoms with Crippen LogP contribution in [0.4, 0.5) is 5.69 Å². The third kappa shape index (κ3) is 2.59. The zero-order valence-electron chi connectivity index (χ0n) is 9.30. The number of esters is 1. The van der Waals surface area contributed by atoms with Crippen molar-refractivity contribution in [2.24, 2.45) is 0 Å². The number of nitro groups is 1. The van der Waals surface area contributed by atoms with Gasteiger partial charge in [0, 0.05) is 12.6 Å². The lowest BCUT2D eigenvalue weighted by molar-refractivity contribution is -0.384. The Labute approximate surface area is 93.0 Å². The Hall–Kier alpha value is -1.85. The van der Waals surface area contributed by atoms with Crippen molar-refractivity contribution in [3.05, 3.63) is 28.1 Å². The smallest absolute Gasteiger partial charge is 0.355 e. The number of nitrogens with zero attached hydrogens (tertiary/aromatic N) is 2. The molecule has 0 aliphatic rings. The summed E-state index contributed by atoms with van der Waals surface area (Å²) in [5, 5.41) is 10.6. The fourth-order valence-corrected chi connectivity index (χ4v) is 1.40. The van der Waals surface area contributed by atoms with Crippen LogP contribution in [0.5, 0.6) is 0 Å². The highest BCUT2D eigenvalue weighted by molar-refractivity contribution is 5.88. The highest BCUT2D eigenvalue weighted by Crippen LogP contribution is 2.17. The number of hydrogen-bond acceptors (Lipinski definition) is 4. The second-order valence-corrected chi connectivity index (χ2v) is 3.25. The summed E-state index contributed by atoms with van der Waals surface area (Å²) in [5.74, 6) is -0.524. The van der Waals surface area contributed by atoms with E-state index in [1.807, 2.05) is 6.92 Å². The Balaban J connectivity index is 3.04. The Morgan fingerprint density at radius 1 is 1.56 bits per heavy atom. The molecule has 16 heavy (non-hydrogen) atoms. The van der Waals surface area contributed by atoms with Crippen LogP contribution in [0.2, 0.25) is 0 Å². The number of aromatic nitrogens is 1. The van der Waals surface area contributed by atoms with Crippen molar-refractivity contribution in [2.45, 2.75) is 26.8 Å². The van der Waals surface area contributed by atoms with Gasteiger partial charge in [0.2, 0.25) is 0 Å². The maximum Gasteiger partial charge on any atom is 0.355 e. The second-order valence-electron chi connectivity index (χ2n) is 3.25. The number of carbonyl (C=O) groups excluding carboxylic acids is 1. The first-order valence-corrected chi connectivity index (χ1v) is 5.11. The fraction of sp³-hybridized carbons (Fsp3) is 0.500. The van der Waals surface area contributed by atoms with Crippen LogP contribution in [0.3, 0.4) is 0 Å². The summed E-state index contributed by atoms with van der Waals surface area (Å²) in [5.41, 5.74) is 0.145. The van der Waals surface area contributed by atoms with Crippen LogP contribution < -0.4 is 0 Å². The van der Waals surface area contributed by atoms with Gasteiger partial charge in [0.1, 0.15) is 5.69 Å². The van der Waals surface area contributed by atoms with E-state index in [-0.39, 0.29) is 18.0 Å². The number of hydrogen-bond donors (Lipinski definition) is 0. The van der Waals surface area contributed by atoms with E-state index in [0.29, 0.717) is 6.54 Å². The van der Waals surface area contributed by atoms with Crippen LogP contribution in [0.1, 0.15) is 30.8 Å². The largest absolute Gasteiger partial charge is 0.461 e. The molecule has 0 saturated heterocycles. The van der Waals surface area contributed by atoms with Gasteiger partial charge in [-0.15, -0.1) is 0 Å². The first-order valence-electron chi connectivity index (χ1n) is 5.11. The summed E-state index contributed by atoms with van der Waals surface area (Å²) < 4.78 is 6.38. The zero-order valence-corrected chi connectivity index (χ0v) is 9.30. The predicted octanol–water partition coefficient (Wildman–Crippen LogP) is 1.98. The molecule has 0 saturated carbocycles. The third-order valence-corrected chi connectivity index (χ3v) is 2.04. The minimum absolute atomic E-state index is 0.0866. The third-order valence-electron chi connectivity index (χ3n) is 2.04. The van der Waals surface area contributed by atoms with Gasteiger partial charge in [-0.2, -0.15) is 0 Å². The molecule has 0 unspecified atom stereocenters. The molecule has 0 radical (unpaired) electrons. The van der Waals surface area contributed by atoms with Crippen molar-refractivity contribution < 1.29 is 14.5 Å². The van der Waals surface area contributed by atoms with Crippen LogP contribution in [0.25, 0.3) is 0 Å². The molecule has 88 valence electrons. The topological polar surface area (TPSA) is 74.4 Å². The molecule has 6 heteroatoms. The van der Waals surface area contributed by atoms with Crippen molar-refractivity contribution >= 4 is 11.7 Å². The van der Waals surface area contributed by atoms with Gasteiger partial charge in [-0.25, -0.2) is 4.79 Å². The minimum atomic E-state index is -0.524. The minimum Gasteiger partial charge on any atom is -0.461 e. The molecule has 1 rings (SSSR count). The molecule has 0 fully saturated rings. The van der Waals surface area contributed by atoms with E-state index >= 15 is 0 Å². The second kappa shape index (κ2) is 5.29. The summed E-state index contributed by atoms with van der Waals surface area (Å²) in [4.78, 5) is 21.6. The van der Waals surface area contributed by atoms with Gasteiger partial charge in [-0.3, -0.25) is 10.1 Å². The fourth-order valence-electron chi connectivity index (χ4n) is 1.40. The molecule has 1 aromatic rings. The quantitative estimate of drug-likeness (QED) is 0.437. The number of ether oxygens (including phenoxy) is 1. The maximum atomic E-state index is 11.5. The van der Waals surface area contributed by atoms with Gasteiger partial charge < -0.3 is 9.30 Å². The lowest BCUT2D eigenvalue weighted by Crippen LogP contribution is -2.11. The zero-order chi connectivity index (χ0) is 12.1. The van der Waals surface area contributed by atoms with Crippen LogP contribution in [-0.2, 0) is 11.3 Å². The predicted molar refractivity (Wildman–Crippen MR) is 57.3 cm³/mol. The van der Waals surface area contributed by atoms with Gasteiger partial charge in [-0.05, 0) is 13.3 Å². The summed E-state index contributed by atoms with van der Waals surface area (Å²) in [7, 11) is 0. The maximum absolute atomic E-state index is 11.5. The summed E-state index contributed by atoms with van der Waals surface area (Å²) >= 11 is 0. The Bertz CT molecular complexity index is 398. The van der Waals surface area contributed by atoms with E-state index in [2.05, 4.69) is 0 Å². The average molecular weight is 226 g/mol. The average Bonchev–Trinajstić information content (AvgIpc) is 2.63. The first kappa shape index (κ1) is 12.2. The van der Waals surface area contributed by atoms with Gasteiger partial charge in [-0.1, -0.05) is 6.92 Å². The molecular weight excluding hydrogens is 212 g/mol. The van der Waals surface area contributed by atoms with E-state index in [1.54, 1.807) is 11.5 Å². The first-order chi connectivity index (χ1) is 7.60. The molecule has 0 amide bonds. The molecule has 1 aromatic heterocycles. The van der Waals surface area contributed by atoms with Gasteiger partial charge in [0.05, 0.1) is 17.7 Å². The number of carbonyl (C=O) groups is 1. The lowest BCUT2D eigenvalue weighted by atomic mass is 10.4. The van der Waals surface area contributed by atoms with Crippen molar-refractivity contribution in [3.8, 4) is 0 Å². The Morgan fingerprint density at radius 3 is 2.75 bits per heavy atom. The molecular formula is C10H14N2O4. The van der Waals surface area contributed by atoms with Crippen molar-refractivity contribution in [1.82, 2.24) is 4.57 Å². The highest BCUT2D eigenvalue weighted by Gasteiger charge is 2.19. The monoisotopic (exact) mass is 226 g/mol. The molecule has 0 spiro atoms. The standard InChI is InChI=1S/C10H14N2O4/c1-3-5-11-7-8(12(14)15)6-9(11)10(13)16-4-2/h6-7H,3-5H2,1-2H3. The van der Waals surface area contributed by atoms with Crippen LogP contribution in [-0.4, -0.2) is 22.1 Å². The van der Waals surface area contributed by atoms with E-state index < -0.39 is 10.9 Å². The highest BCUT2D eigenvalue weighted by atomic mass is 16.6. The Morgan fingerprint density at radius 2 is 2.25 bits per heavy atom. The van der Waals surface area contributed by atoms with Gasteiger partial charge >= 0.3 is 5.97 Å². The van der Waals surface area contributed by atoms with E-state index in [0.717, 1.165) is 6.42 Å².